The molecule has 2 aliphatic heterocycles. The van der Waals surface area contributed by atoms with E-state index in [1.165, 1.54) is 20.0 Å². The van der Waals surface area contributed by atoms with Crippen molar-refractivity contribution in [1.82, 2.24) is 14.9 Å². The van der Waals surface area contributed by atoms with Crippen LogP contribution < -0.4 is 15.0 Å². The number of nitrogens with one attached hydrogen (secondary N) is 1. The number of ether oxygens (including phenoxy) is 3. The maximum atomic E-state index is 16.8. The number of fused-ring (bicyclic) bond motifs is 1. The average molecular weight is 718 g/mol. The lowest BCUT2D eigenvalue weighted by Gasteiger charge is -2.40. The van der Waals surface area contributed by atoms with Gasteiger partial charge in [0.25, 0.3) is 0 Å². The number of carbonyl (C=O) groups is 2. The maximum Gasteiger partial charge on any atom is 0.414 e. The fourth-order valence-electron chi connectivity index (χ4n) is 5.33. The van der Waals surface area contributed by atoms with Crippen molar-refractivity contribution in [3.63, 3.8) is 0 Å². The van der Waals surface area contributed by atoms with Crippen LogP contribution in [0.5, 0.6) is 5.75 Å². The molecule has 0 unspecified atom stereocenters. The topological polar surface area (TPSA) is 115 Å². The molecule has 2 aromatic rings. The lowest BCUT2D eigenvalue weighted by molar-refractivity contribution is 0.0195. The van der Waals surface area contributed by atoms with E-state index in [9.17, 15) is 9.59 Å². The summed E-state index contributed by atoms with van der Waals surface area (Å²) in [5, 5.41) is 2.82. The van der Waals surface area contributed by atoms with Crippen LogP contribution in [-0.2, 0) is 20.3 Å². The van der Waals surface area contributed by atoms with E-state index in [-0.39, 0.29) is 46.7 Å². The Morgan fingerprint density at radius 1 is 1.02 bits per heavy atom. The number of nitrogens with zero attached hydrogens (tertiary/aromatic N) is 4. The number of halogens is 2. The third-order valence-corrected chi connectivity index (χ3v) is 13.3. The van der Waals surface area contributed by atoms with Crippen molar-refractivity contribution in [2.75, 3.05) is 37.0 Å². The maximum absolute atomic E-state index is 16.8. The molecule has 0 radical (unpaired) electrons. The second-order valence-corrected chi connectivity index (χ2v) is 21.2. The van der Waals surface area contributed by atoms with Crippen molar-refractivity contribution in [2.45, 2.75) is 118 Å². The van der Waals surface area contributed by atoms with Gasteiger partial charge in [0.1, 0.15) is 17.0 Å². The number of pyridine rings is 2. The molecule has 0 saturated heterocycles. The summed E-state index contributed by atoms with van der Waals surface area (Å²) in [5.41, 5.74) is -0.240. The minimum atomic E-state index is -2.33. The first-order chi connectivity index (χ1) is 22.9. The van der Waals surface area contributed by atoms with E-state index in [1.807, 2.05) is 26.8 Å². The molecule has 2 amide bonds. The summed E-state index contributed by atoms with van der Waals surface area (Å²) in [6.07, 6.45) is 0.872. The van der Waals surface area contributed by atoms with Crippen LogP contribution >= 0.6 is 0 Å². The minimum absolute atomic E-state index is 0.00938. The van der Waals surface area contributed by atoms with Gasteiger partial charge in [-0.15, -0.1) is 0 Å². The molecule has 11 nitrogen and oxygen atoms in total. The van der Waals surface area contributed by atoms with Gasteiger partial charge in [-0.25, -0.2) is 28.3 Å². The van der Waals surface area contributed by atoms with Crippen LogP contribution in [0.3, 0.4) is 0 Å². The SMILES string of the molecule is Cc1nc(Nc2nc3c(c(C4=CCN(C(=O)OC(C)(C)C)C[C@@H](O[Si](C)(C)C(C)(C)C)C4)c2F)OCC3)cc(N(C)C(=O)OC(C)(C)C)c1F. The molecule has 4 heterocycles. The molecule has 4 rings (SSSR count). The first-order valence-corrected chi connectivity index (χ1v) is 19.9. The third kappa shape index (κ3) is 9.11. The number of rotatable bonds is 6. The summed E-state index contributed by atoms with van der Waals surface area (Å²) in [6.45, 7) is 23.5. The van der Waals surface area contributed by atoms with Gasteiger partial charge in [0, 0.05) is 32.6 Å². The quantitative estimate of drug-likeness (QED) is 0.294. The molecule has 1 atom stereocenters. The van der Waals surface area contributed by atoms with Crippen molar-refractivity contribution < 1.29 is 37.0 Å². The van der Waals surface area contributed by atoms with Gasteiger partial charge in [0.05, 0.1) is 35.3 Å². The molecule has 276 valence electrons. The second-order valence-electron chi connectivity index (χ2n) is 16.4. The highest BCUT2D eigenvalue weighted by Gasteiger charge is 2.41. The van der Waals surface area contributed by atoms with Gasteiger partial charge in [0.15, 0.2) is 31.5 Å². The molecular formula is C36H53F2N5O6Si. The number of amides is 2. The Hall–Kier alpha value is -3.78. The summed E-state index contributed by atoms with van der Waals surface area (Å²) in [5.74, 6) is -1.13. The normalized spacial score (nSPS) is 17.0. The van der Waals surface area contributed by atoms with Crippen LogP contribution in [0.15, 0.2) is 12.1 Å². The van der Waals surface area contributed by atoms with Crippen molar-refractivity contribution in [3.8, 4) is 5.75 Å². The molecule has 0 bridgehead atoms. The molecule has 0 spiro atoms. The van der Waals surface area contributed by atoms with Crippen molar-refractivity contribution in [2.24, 2.45) is 0 Å². The van der Waals surface area contributed by atoms with E-state index in [4.69, 9.17) is 18.6 Å². The van der Waals surface area contributed by atoms with Gasteiger partial charge in [-0.3, -0.25) is 4.90 Å². The summed E-state index contributed by atoms with van der Waals surface area (Å²) in [4.78, 5) is 37.6. The van der Waals surface area contributed by atoms with Crippen LogP contribution in [0, 0.1) is 18.6 Å². The summed E-state index contributed by atoms with van der Waals surface area (Å²) >= 11 is 0. The Bertz CT molecular complexity index is 1660. The van der Waals surface area contributed by atoms with Crippen LogP contribution in [0.25, 0.3) is 5.57 Å². The monoisotopic (exact) mass is 717 g/mol. The standard InChI is InChI=1S/C36H53F2N5O6Si/c1-21-28(37)25(42(11)32(44)47-34(2,3)4)19-26(39-21)41-31-29(38)27(30-24(40-31)15-17-46-30)22-14-16-43(33(45)48-35(5,6)7)20-23(18-22)49-50(12,13)36(8,9)10/h14,19,23H,15-18,20H2,1-13H3,(H,39,40,41)/t23-/m0/s1. The summed E-state index contributed by atoms with van der Waals surface area (Å²) in [6, 6.07) is 1.31. The first-order valence-electron chi connectivity index (χ1n) is 17.0. The zero-order valence-corrected chi connectivity index (χ0v) is 32.8. The Morgan fingerprint density at radius 2 is 1.66 bits per heavy atom. The predicted molar refractivity (Wildman–Crippen MR) is 193 cm³/mol. The molecular weight excluding hydrogens is 665 g/mol. The minimum Gasteiger partial charge on any atom is -0.491 e. The number of carbonyl (C=O) groups excluding carboxylic acids is 2. The number of hydrogen-bond acceptors (Lipinski definition) is 9. The zero-order valence-electron chi connectivity index (χ0n) is 31.8. The Labute approximate surface area is 295 Å². The predicted octanol–water partition coefficient (Wildman–Crippen LogP) is 8.53. The van der Waals surface area contributed by atoms with Gasteiger partial charge in [0.2, 0.25) is 0 Å². The molecule has 1 N–H and O–H groups in total. The van der Waals surface area contributed by atoms with E-state index in [0.29, 0.717) is 36.5 Å². The van der Waals surface area contributed by atoms with Gasteiger partial charge in [-0.1, -0.05) is 26.8 Å². The fourth-order valence-corrected chi connectivity index (χ4v) is 6.67. The van der Waals surface area contributed by atoms with Crippen LogP contribution in [0.1, 0.15) is 85.7 Å². The van der Waals surface area contributed by atoms with E-state index in [0.717, 1.165) is 4.90 Å². The second kappa shape index (κ2) is 14.1. The van der Waals surface area contributed by atoms with E-state index in [2.05, 4.69) is 49.1 Å². The summed E-state index contributed by atoms with van der Waals surface area (Å²) < 4.78 is 56.1. The zero-order chi connectivity index (χ0) is 37.6. The number of aryl methyl sites for hydroxylation is 1. The van der Waals surface area contributed by atoms with Crippen LogP contribution in [-0.4, -0.2) is 79.4 Å². The number of hydrogen-bond donors (Lipinski definition) is 1. The van der Waals surface area contributed by atoms with Crippen molar-refractivity contribution in [1.29, 1.82) is 0 Å². The van der Waals surface area contributed by atoms with Gasteiger partial charge >= 0.3 is 12.2 Å². The molecule has 0 fully saturated rings. The van der Waals surface area contributed by atoms with E-state index < -0.39 is 49.4 Å². The highest BCUT2D eigenvalue weighted by atomic mass is 28.4. The van der Waals surface area contributed by atoms with E-state index >= 15 is 8.78 Å². The molecule has 0 aromatic carbocycles. The van der Waals surface area contributed by atoms with Crippen molar-refractivity contribution >= 4 is 43.4 Å². The highest BCUT2D eigenvalue weighted by molar-refractivity contribution is 6.74. The number of aromatic nitrogens is 2. The molecule has 0 saturated carbocycles. The summed E-state index contributed by atoms with van der Waals surface area (Å²) in [7, 11) is -0.941. The lowest BCUT2D eigenvalue weighted by atomic mass is 9.98. The van der Waals surface area contributed by atoms with Crippen LogP contribution in [0.2, 0.25) is 18.1 Å². The Morgan fingerprint density at radius 3 is 2.26 bits per heavy atom. The highest BCUT2D eigenvalue weighted by Crippen LogP contribution is 2.43. The molecule has 2 aliphatic rings. The molecule has 14 heteroatoms. The lowest BCUT2D eigenvalue weighted by Crippen LogP contribution is -2.48. The average Bonchev–Trinajstić information content (AvgIpc) is 3.31. The number of anilines is 3. The Kier molecular flexibility index (Phi) is 11.0. The smallest absolute Gasteiger partial charge is 0.414 e. The van der Waals surface area contributed by atoms with Crippen molar-refractivity contribution in [3.05, 3.63) is 40.7 Å². The van der Waals surface area contributed by atoms with Gasteiger partial charge < -0.3 is 28.9 Å². The van der Waals surface area contributed by atoms with Gasteiger partial charge in [-0.2, -0.15) is 0 Å². The third-order valence-electron chi connectivity index (χ3n) is 8.80. The largest absolute Gasteiger partial charge is 0.491 e. The first kappa shape index (κ1) is 39.0. The molecule has 50 heavy (non-hydrogen) atoms. The van der Waals surface area contributed by atoms with Crippen LogP contribution in [0.4, 0.5) is 35.7 Å². The molecule has 2 aromatic heterocycles. The molecule has 0 aliphatic carbocycles. The fraction of sp³-hybridized carbons (Fsp3) is 0.611. The van der Waals surface area contributed by atoms with E-state index in [1.54, 1.807) is 25.7 Å². The Balaban J connectivity index is 1.77. The van der Waals surface area contributed by atoms with Gasteiger partial charge in [-0.05, 0) is 78.6 Å².